The van der Waals surface area contributed by atoms with Gasteiger partial charge in [-0.05, 0) is 6.42 Å². The topological polar surface area (TPSA) is 29.5 Å². The summed E-state index contributed by atoms with van der Waals surface area (Å²) >= 11 is 0. The molecule has 1 unspecified atom stereocenters. The molecule has 11 heavy (non-hydrogen) atoms. The van der Waals surface area contributed by atoms with E-state index in [0.717, 1.165) is 19.6 Å². The molecular weight excluding hydrogens is 142 g/mol. The quantitative estimate of drug-likeness (QED) is 0.375. The summed E-state index contributed by atoms with van der Waals surface area (Å²) in [6.07, 6.45) is 5.72. The third-order valence-electron chi connectivity index (χ3n) is 2.08. The Morgan fingerprint density at radius 1 is 1.55 bits per heavy atom. The predicted octanol–water partition coefficient (Wildman–Crippen LogP) is 0.521. The fourth-order valence-electron chi connectivity index (χ4n) is 1.37. The van der Waals surface area contributed by atoms with Crippen LogP contribution in [0.4, 0.5) is 0 Å². The summed E-state index contributed by atoms with van der Waals surface area (Å²) in [5, 5.41) is 0. The van der Waals surface area contributed by atoms with E-state index in [-0.39, 0.29) is 12.1 Å². The van der Waals surface area contributed by atoms with E-state index in [1.54, 1.807) is 4.90 Å². The third kappa shape index (κ3) is 1.16. The molecule has 1 fully saturated rings. The van der Waals surface area contributed by atoms with Crippen LogP contribution in [0.25, 0.3) is 0 Å². The summed E-state index contributed by atoms with van der Waals surface area (Å²) in [5.74, 6) is 0.210. The van der Waals surface area contributed by atoms with Crippen LogP contribution in [-0.4, -0.2) is 30.2 Å². The minimum atomic E-state index is 0.0763. The van der Waals surface area contributed by atoms with Crippen LogP contribution in [-0.2, 0) is 9.53 Å². The highest BCUT2D eigenvalue weighted by atomic mass is 16.5. The monoisotopic (exact) mass is 153 g/mol. The number of ether oxygens (including phenoxy) is 1. The molecule has 0 saturated carbocycles. The lowest BCUT2D eigenvalue weighted by Crippen LogP contribution is -2.54. The minimum Gasteiger partial charge on any atom is -0.357 e. The number of carbonyl (C=O) groups excluding carboxylic acids is 1. The van der Waals surface area contributed by atoms with Gasteiger partial charge in [-0.25, -0.2) is 0 Å². The molecule has 0 N–H and O–H groups in total. The summed E-state index contributed by atoms with van der Waals surface area (Å²) in [7, 11) is 0. The Morgan fingerprint density at radius 3 is 3.27 bits per heavy atom. The summed E-state index contributed by atoms with van der Waals surface area (Å²) in [6.45, 7) is 1.47. The zero-order chi connectivity index (χ0) is 7.68. The van der Waals surface area contributed by atoms with Crippen LogP contribution >= 0.6 is 0 Å². The van der Waals surface area contributed by atoms with Crippen molar-refractivity contribution in [1.29, 1.82) is 0 Å². The number of fused-ring (bicyclic) bond motifs is 1. The van der Waals surface area contributed by atoms with Crippen molar-refractivity contribution in [2.45, 2.75) is 19.1 Å². The Bertz CT molecular complexity index is 200. The van der Waals surface area contributed by atoms with Crippen molar-refractivity contribution in [3.8, 4) is 0 Å². The van der Waals surface area contributed by atoms with Crippen LogP contribution in [0.5, 0.6) is 0 Å². The van der Waals surface area contributed by atoms with E-state index >= 15 is 0 Å². The van der Waals surface area contributed by atoms with E-state index in [4.69, 9.17) is 4.74 Å². The number of carbonyl (C=O) groups is 1. The lowest BCUT2D eigenvalue weighted by Gasteiger charge is -2.39. The number of hydrogen-bond acceptors (Lipinski definition) is 2. The molecule has 2 aliphatic rings. The second-order valence-corrected chi connectivity index (χ2v) is 2.84. The maximum Gasteiger partial charge on any atom is 0.229 e. The number of amides is 1. The van der Waals surface area contributed by atoms with Gasteiger partial charge < -0.3 is 9.64 Å². The zero-order valence-electron chi connectivity index (χ0n) is 6.32. The number of β-lactam (4-membered cyclic amide) rings is 1. The molecule has 0 radical (unpaired) electrons. The Balaban J connectivity index is 2.02. The standard InChI is InChI=1S/C8H11NO2/c10-7-6-8-9(7)4-2-1-3-5-11-8/h1-2,8H,3-6H2/b2-1-. The summed E-state index contributed by atoms with van der Waals surface area (Å²) in [6, 6.07) is 0. The summed E-state index contributed by atoms with van der Waals surface area (Å²) < 4.78 is 5.41. The smallest absolute Gasteiger partial charge is 0.229 e. The average molecular weight is 153 g/mol. The van der Waals surface area contributed by atoms with Gasteiger partial charge in [0, 0.05) is 6.54 Å². The Morgan fingerprint density at radius 2 is 2.45 bits per heavy atom. The molecule has 2 heterocycles. The van der Waals surface area contributed by atoms with Gasteiger partial charge in [0.2, 0.25) is 5.91 Å². The number of rotatable bonds is 0. The molecule has 1 atom stereocenters. The van der Waals surface area contributed by atoms with Crippen molar-refractivity contribution in [3.63, 3.8) is 0 Å². The van der Waals surface area contributed by atoms with E-state index in [1.807, 2.05) is 6.08 Å². The van der Waals surface area contributed by atoms with E-state index in [1.165, 1.54) is 0 Å². The van der Waals surface area contributed by atoms with Gasteiger partial charge in [-0.3, -0.25) is 4.79 Å². The molecule has 0 aromatic heterocycles. The maximum atomic E-state index is 10.9. The molecule has 0 aromatic rings. The minimum absolute atomic E-state index is 0.0763. The van der Waals surface area contributed by atoms with Crippen LogP contribution in [0.1, 0.15) is 12.8 Å². The van der Waals surface area contributed by atoms with Gasteiger partial charge in [-0.2, -0.15) is 0 Å². The molecule has 1 amide bonds. The van der Waals surface area contributed by atoms with Crippen LogP contribution in [0.15, 0.2) is 12.2 Å². The first-order valence-electron chi connectivity index (χ1n) is 3.94. The van der Waals surface area contributed by atoms with E-state index in [9.17, 15) is 4.79 Å². The van der Waals surface area contributed by atoms with Crippen molar-refractivity contribution >= 4 is 5.91 Å². The highest BCUT2D eigenvalue weighted by Gasteiger charge is 2.35. The molecule has 0 aliphatic carbocycles. The zero-order valence-corrected chi connectivity index (χ0v) is 6.32. The molecule has 1 saturated heterocycles. The van der Waals surface area contributed by atoms with Gasteiger partial charge in [-0.1, -0.05) is 12.2 Å². The number of nitrogens with zero attached hydrogens (tertiary/aromatic N) is 1. The molecule has 0 spiro atoms. The summed E-state index contributed by atoms with van der Waals surface area (Å²) in [4.78, 5) is 12.7. The fourth-order valence-corrected chi connectivity index (χ4v) is 1.37. The lowest BCUT2D eigenvalue weighted by molar-refractivity contribution is -0.172. The SMILES string of the molecule is O=C1CC2OCC/C=C\CN12. The highest BCUT2D eigenvalue weighted by Crippen LogP contribution is 2.21. The normalized spacial score (nSPS) is 33.3. The van der Waals surface area contributed by atoms with E-state index in [2.05, 4.69) is 6.08 Å². The molecule has 0 aromatic carbocycles. The van der Waals surface area contributed by atoms with Gasteiger partial charge in [-0.15, -0.1) is 0 Å². The molecule has 3 nitrogen and oxygen atoms in total. The first-order valence-corrected chi connectivity index (χ1v) is 3.94. The molecule has 2 rings (SSSR count). The first kappa shape index (κ1) is 6.85. The van der Waals surface area contributed by atoms with Crippen molar-refractivity contribution in [3.05, 3.63) is 12.2 Å². The van der Waals surface area contributed by atoms with Gasteiger partial charge >= 0.3 is 0 Å². The largest absolute Gasteiger partial charge is 0.357 e. The van der Waals surface area contributed by atoms with Gasteiger partial charge in [0.15, 0.2) is 0 Å². The molecule has 3 heteroatoms. The number of hydrogen-bond donors (Lipinski definition) is 0. The maximum absolute atomic E-state index is 10.9. The molecule has 60 valence electrons. The van der Waals surface area contributed by atoms with Crippen LogP contribution < -0.4 is 0 Å². The Kier molecular flexibility index (Phi) is 1.66. The Hall–Kier alpha value is -0.830. The molecule has 2 aliphatic heterocycles. The summed E-state index contributed by atoms with van der Waals surface area (Å²) in [5.41, 5.74) is 0. The second-order valence-electron chi connectivity index (χ2n) is 2.84. The van der Waals surface area contributed by atoms with Crippen molar-refractivity contribution < 1.29 is 9.53 Å². The highest BCUT2D eigenvalue weighted by molar-refractivity contribution is 5.82. The first-order chi connectivity index (χ1) is 5.38. The predicted molar refractivity (Wildman–Crippen MR) is 39.8 cm³/mol. The fraction of sp³-hybridized carbons (Fsp3) is 0.625. The lowest BCUT2D eigenvalue weighted by atomic mass is 10.1. The van der Waals surface area contributed by atoms with E-state index < -0.39 is 0 Å². The van der Waals surface area contributed by atoms with Crippen molar-refractivity contribution in [1.82, 2.24) is 4.90 Å². The van der Waals surface area contributed by atoms with Crippen molar-refractivity contribution in [2.75, 3.05) is 13.2 Å². The molecular formula is C8H11NO2. The average Bonchev–Trinajstić information content (AvgIpc) is 1.96. The van der Waals surface area contributed by atoms with E-state index in [0.29, 0.717) is 6.42 Å². The third-order valence-corrected chi connectivity index (χ3v) is 2.08. The van der Waals surface area contributed by atoms with Crippen molar-refractivity contribution in [2.24, 2.45) is 0 Å². The van der Waals surface area contributed by atoms with Gasteiger partial charge in [0.1, 0.15) is 6.23 Å². The second kappa shape index (κ2) is 2.66. The van der Waals surface area contributed by atoms with Gasteiger partial charge in [0.05, 0.1) is 13.0 Å². The van der Waals surface area contributed by atoms with Crippen LogP contribution in [0, 0.1) is 0 Å². The molecule has 0 bridgehead atoms. The van der Waals surface area contributed by atoms with Gasteiger partial charge in [0.25, 0.3) is 0 Å². The van der Waals surface area contributed by atoms with Crippen LogP contribution in [0.3, 0.4) is 0 Å². The van der Waals surface area contributed by atoms with Crippen LogP contribution in [0.2, 0.25) is 0 Å². The Labute approximate surface area is 65.6 Å².